The van der Waals surface area contributed by atoms with Crippen molar-refractivity contribution in [2.24, 2.45) is 0 Å². The van der Waals surface area contributed by atoms with E-state index >= 15 is 0 Å². The minimum absolute atomic E-state index is 0.172. The Morgan fingerprint density at radius 3 is 2.39 bits per heavy atom. The quantitative estimate of drug-likeness (QED) is 0.665. The Morgan fingerprint density at radius 2 is 1.70 bits per heavy atom. The summed E-state index contributed by atoms with van der Waals surface area (Å²) in [7, 11) is -2.91. The normalized spacial score (nSPS) is 11.6. The van der Waals surface area contributed by atoms with Crippen LogP contribution in [0.3, 0.4) is 0 Å². The molecule has 0 amide bonds. The van der Waals surface area contributed by atoms with Crippen molar-refractivity contribution in [2.45, 2.75) is 4.90 Å². The highest BCUT2D eigenvalue weighted by molar-refractivity contribution is 9.10. The molecule has 0 fully saturated rings. The zero-order chi connectivity index (χ0) is 16.6. The van der Waals surface area contributed by atoms with Gasteiger partial charge in [-0.1, -0.05) is 42.5 Å². The molecule has 0 saturated heterocycles. The Hall–Kier alpha value is -1.89. The van der Waals surface area contributed by atoms with Crippen LogP contribution in [0.1, 0.15) is 0 Å². The fraction of sp³-hybridized carbons (Fsp3) is 0.0588. The van der Waals surface area contributed by atoms with Gasteiger partial charge >= 0.3 is 0 Å². The van der Waals surface area contributed by atoms with Gasteiger partial charge in [0.05, 0.1) is 7.11 Å². The van der Waals surface area contributed by atoms with Gasteiger partial charge in [-0.15, -0.1) is 0 Å². The zero-order valence-corrected chi connectivity index (χ0v) is 14.6. The first kappa shape index (κ1) is 16.0. The van der Waals surface area contributed by atoms with Crippen molar-refractivity contribution < 1.29 is 17.7 Å². The second-order valence-corrected chi connectivity index (χ2v) is 7.20. The highest BCUT2D eigenvalue weighted by Crippen LogP contribution is 2.39. The van der Waals surface area contributed by atoms with Gasteiger partial charge in [0.25, 0.3) is 10.1 Å². The maximum Gasteiger partial charge on any atom is 0.296 e. The van der Waals surface area contributed by atoms with E-state index < -0.39 is 10.1 Å². The van der Waals surface area contributed by atoms with Gasteiger partial charge in [0.1, 0.15) is 10.6 Å². The molecule has 0 aliphatic carbocycles. The van der Waals surface area contributed by atoms with Crippen molar-refractivity contribution in [3.05, 3.63) is 59.1 Å². The van der Waals surface area contributed by atoms with Crippen LogP contribution in [0.25, 0.3) is 21.9 Å². The molecule has 0 aliphatic rings. The summed E-state index contributed by atoms with van der Waals surface area (Å²) >= 11 is 3.22. The molecular formula is C17H13BrO4S. The van der Waals surface area contributed by atoms with Crippen molar-refractivity contribution >= 4 is 36.8 Å². The van der Waals surface area contributed by atoms with Crippen molar-refractivity contribution in [3.8, 4) is 16.9 Å². The molecule has 3 aromatic carbocycles. The van der Waals surface area contributed by atoms with Crippen LogP contribution in [0.4, 0.5) is 0 Å². The third-order valence-electron chi connectivity index (χ3n) is 3.59. The molecule has 0 bridgehead atoms. The van der Waals surface area contributed by atoms with E-state index in [1.54, 1.807) is 6.07 Å². The Balaban J connectivity index is 2.45. The zero-order valence-electron chi connectivity index (χ0n) is 12.2. The van der Waals surface area contributed by atoms with Crippen LogP contribution in [-0.4, -0.2) is 20.1 Å². The number of ether oxygens (including phenoxy) is 1. The average Bonchev–Trinajstić information content (AvgIpc) is 2.52. The van der Waals surface area contributed by atoms with Gasteiger partial charge in [0.2, 0.25) is 0 Å². The minimum Gasteiger partial charge on any atom is -0.497 e. The standard InChI is InChI=1S/C17H13BrO4S/c1-22-12-9-15(17(16(18)10-12)23(19,20)21)14-8-4-6-11-5-2-3-7-13(11)14/h2-10H,1H3,(H,19,20,21). The van der Waals surface area contributed by atoms with E-state index in [-0.39, 0.29) is 9.37 Å². The fourth-order valence-electron chi connectivity index (χ4n) is 2.61. The monoisotopic (exact) mass is 392 g/mol. The second-order valence-electron chi connectivity index (χ2n) is 4.99. The lowest BCUT2D eigenvalue weighted by Crippen LogP contribution is -2.03. The summed E-state index contributed by atoms with van der Waals surface area (Å²) in [6.45, 7) is 0. The van der Waals surface area contributed by atoms with Gasteiger partial charge < -0.3 is 4.74 Å². The highest BCUT2D eigenvalue weighted by Gasteiger charge is 2.23. The van der Waals surface area contributed by atoms with Crippen LogP contribution in [-0.2, 0) is 10.1 Å². The van der Waals surface area contributed by atoms with E-state index in [1.807, 2.05) is 42.5 Å². The SMILES string of the molecule is COc1cc(Br)c(S(=O)(=O)O)c(-c2cccc3ccccc23)c1. The summed E-state index contributed by atoms with van der Waals surface area (Å²) in [5.41, 5.74) is 1.09. The molecule has 0 aliphatic heterocycles. The summed E-state index contributed by atoms with van der Waals surface area (Å²) in [4.78, 5) is -0.172. The van der Waals surface area contributed by atoms with E-state index in [2.05, 4.69) is 15.9 Å². The molecule has 0 unspecified atom stereocenters. The van der Waals surface area contributed by atoms with Crippen LogP contribution in [0, 0.1) is 0 Å². The number of hydrogen-bond donors (Lipinski definition) is 1. The molecule has 0 heterocycles. The Kier molecular flexibility index (Phi) is 4.14. The molecule has 3 rings (SSSR count). The third-order valence-corrected chi connectivity index (χ3v) is 5.43. The van der Waals surface area contributed by atoms with Gasteiger partial charge in [-0.2, -0.15) is 8.42 Å². The molecule has 0 atom stereocenters. The lowest BCUT2D eigenvalue weighted by Gasteiger charge is -2.14. The summed E-state index contributed by atoms with van der Waals surface area (Å²) < 4.78 is 38.9. The maximum atomic E-state index is 11.9. The molecule has 0 spiro atoms. The molecule has 3 aromatic rings. The Bertz CT molecular complexity index is 991. The molecule has 0 radical (unpaired) electrons. The van der Waals surface area contributed by atoms with Crippen molar-refractivity contribution in [2.75, 3.05) is 7.11 Å². The van der Waals surface area contributed by atoms with Crippen molar-refractivity contribution in [1.82, 2.24) is 0 Å². The number of halogens is 1. The van der Waals surface area contributed by atoms with E-state index in [0.29, 0.717) is 16.9 Å². The Labute approximate surface area is 142 Å². The predicted molar refractivity (Wildman–Crippen MR) is 93.5 cm³/mol. The lowest BCUT2D eigenvalue weighted by molar-refractivity contribution is 0.414. The van der Waals surface area contributed by atoms with Crippen molar-refractivity contribution in [1.29, 1.82) is 0 Å². The van der Waals surface area contributed by atoms with Crippen LogP contribution >= 0.6 is 15.9 Å². The summed E-state index contributed by atoms with van der Waals surface area (Å²) in [6.07, 6.45) is 0. The number of benzene rings is 3. The first-order chi connectivity index (χ1) is 10.9. The van der Waals surface area contributed by atoms with E-state index in [0.717, 1.165) is 10.8 Å². The third kappa shape index (κ3) is 2.97. The Morgan fingerprint density at radius 1 is 1.00 bits per heavy atom. The number of hydrogen-bond acceptors (Lipinski definition) is 3. The van der Waals surface area contributed by atoms with Gasteiger partial charge in [-0.05, 0) is 44.4 Å². The number of rotatable bonds is 3. The van der Waals surface area contributed by atoms with Crippen LogP contribution in [0.15, 0.2) is 64.0 Å². The highest BCUT2D eigenvalue weighted by atomic mass is 79.9. The molecule has 0 aromatic heterocycles. The van der Waals surface area contributed by atoms with Crippen molar-refractivity contribution in [3.63, 3.8) is 0 Å². The topological polar surface area (TPSA) is 63.6 Å². The molecule has 1 N–H and O–H groups in total. The predicted octanol–water partition coefficient (Wildman–Crippen LogP) is 4.52. The van der Waals surface area contributed by atoms with E-state index in [9.17, 15) is 13.0 Å². The summed E-state index contributed by atoms with van der Waals surface area (Å²) in [5, 5.41) is 1.87. The van der Waals surface area contributed by atoms with Crippen LogP contribution in [0.5, 0.6) is 5.75 Å². The maximum absolute atomic E-state index is 11.9. The smallest absolute Gasteiger partial charge is 0.296 e. The first-order valence-electron chi connectivity index (χ1n) is 6.75. The molecular weight excluding hydrogens is 380 g/mol. The molecule has 118 valence electrons. The van der Waals surface area contributed by atoms with Gasteiger partial charge in [0, 0.05) is 10.0 Å². The molecule has 0 saturated carbocycles. The van der Waals surface area contributed by atoms with Gasteiger partial charge in [-0.25, -0.2) is 0 Å². The molecule has 4 nitrogen and oxygen atoms in total. The van der Waals surface area contributed by atoms with E-state index in [4.69, 9.17) is 4.74 Å². The second kappa shape index (κ2) is 5.96. The van der Waals surface area contributed by atoms with Gasteiger partial charge in [0.15, 0.2) is 0 Å². The summed E-state index contributed by atoms with van der Waals surface area (Å²) in [5.74, 6) is 0.493. The number of methoxy groups -OCH3 is 1. The lowest BCUT2D eigenvalue weighted by atomic mass is 9.98. The van der Waals surface area contributed by atoms with E-state index in [1.165, 1.54) is 13.2 Å². The minimum atomic E-state index is -4.41. The fourth-order valence-corrected chi connectivity index (χ4v) is 4.41. The largest absolute Gasteiger partial charge is 0.497 e. The number of fused-ring (bicyclic) bond motifs is 1. The molecule has 6 heteroatoms. The molecule has 23 heavy (non-hydrogen) atoms. The van der Waals surface area contributed by atoms with Crippen LogP contribution < -0.4 is 4.74 Å². The van der Waals surface area contributed by atoms with Gasteiger partial charge in [-0.3, -0.25) is 4.55 Å². The van der Waals surface area contributed by atoms with Crippen LogP contribution in [0.2, 0.25) is 0 Å². The first-order valence-corrected chi connectivity index (χ1v) is 8.98. The average molecular weight is 393 g/mol. The summed E-state index contributed by atoms with van der Waals surface area (Å²) in [6, 6.07) is 16.4.